The number of nitro benzene ring substituents is 1. The molecular weight excluding hydrogens is 267 g/mol. The largest absolute Gasteiger partial charge is 0.505 e. The van der Waals surface area contributed by atoms with Crippen molar-refractivity contribution in [1.29, 1.82) is 0 Å². The molecule has 0 unspecified atom stereocenters. The molecule has 2 aromatic rings. The van der Waals surface area contributed by atoms with Crippen molar-refractivity contribution in [2.24, 2.45) is 0 Å². The van der Waals surface area contributed by atoms with Gasteiger partial charge in [-0.2, -0.15) is 0 Å². The Morgan fingerprint density at radius 3 is 2.65 bits per heavy atom. The summed E-state index contributed by atoms with van der Waals surface area (Å²) in [6.07, 6.45) is 0. The van der Waals surface area contributed by atoms with Crippen LogP contribution in [0.2, 0.25) is 0 Å². The molecule has 0 fully saturated rings. The standard InChI is InChI=1S/C13H9FN2O4/c14-11-7-9(4-5-12(11)17)15-13(18)8-2-1-3-10(6-8)16(19)20/h1-7,17H,(H,15,18). The van der Waals surface area contributed by atoms with E-state index in [1.54, 1.807) is 0 Å². The molecule has 0 bridgehead atoms. The summed E-state index contributed by atoms with van der Waals surface area (Å²) in [6.45, 7) is 0. The predicted octanol–water partition coefficient (Wildman–Crippen LogP) is 2.69. The number of nitro groups is 1. The van der Waals surface area contributed by atoms with E-state index >= 15 is 0 Å². The van der Waals surface area contributed by atoms with Gasteiger partial charge in [0.1, 0.15) is 0 Å². The number of carbonyl (C=O) groups excluding carboxylic acids is 1. The van der Waals surface area contributed by atoms with Gasteiger partial charge in [-0.3, -0.25) is 14.9 Å². The Morgan fingerprint density at radius 1 is 1.25 bits per heavy atom. The first kappa shape index (κ1) is 13.5. The van der Waals surface area contributed by atoms with E-state index < -0.39 is 22.4 Å². The van der Waals surface area contributed by atoms with Crippen LogP contribution in [0.4, 0.5) is 15.8 Å². The summed E-state index contributed by atoms with van der Waals surface area (Å²) < 4.78 is 13.1. The number of nitrogens with one attached hydrogen (secondary N) is 1. The van der Waals surface area contributed by atoms with Gasteiger partial charge in [0.2, 0.25) is 0 Å². The van der Waals surface area contributed by atoms with Crippen LogP contribution in [-0.2, 0) is 0 Å². The number of hydrogen-bond acceptors (Lipinski definition) is 4. The van der Waals surface area contributed by atoms with Crippen LogP contribution < -0.4 is 5.32 Å². The van der Waals surface area contributed by atoms with E-state index in [2.05, 4.69) is 5.32 Å². The molecule has 1 amide bonds. The van der Waals surface area contributed by atoms with Crippen LogP contribution in [0.5, 0.6) is 5.75 Å². The smallest absolute Gasteiger partial charge is 0.270 e. The number of phenolic OH excluding ortho intramolecular Hbond substituents is 1. The summed E-state index contributed by atoms with van der Waals surface area (Å²) >= 11 is 0. The van der Waals surface area contributed by atoms with Gasteiger partial charge < -0.3 is 10.4 Å². The van der Waals surface area contributed by atoms with Crippen molar-refractivity contribution < 1.29 is 19.2 Å². The van der Waals surface area contributed by atoms with Crippen molar-refractivity contribution in [3.8, 4) is 5.75 Å². The monoisotopic (exact) mass is 276 g/mol. The molecule has 102 valence electrons. The predicted molar refractivity (Wildman–Crippen MR) is 69.1 cm³/mol. The molecule has 20 heavy (non-hydrogen) atoms. The maximum atomic E-state index is 13.1. The second kappa shape index (κ2) is 5.35. The highest BCUT2D eigenvalue weighted by Gasteiger charge is 2.12. The number of benzene rings is 2. The van der Waals surface area contributed by atoms with E-state index in [-0.39, 0.29) is 16.9 Å². The van der Waals surface area contributed by atoms with Crippen LogP contribution in [0.3, 0.4) is 0 Å². The average Bonchev–Trinajstić information content (AvgIpc) is 2.43. The summed E-state index contributed by atoms with van der Waals surface area (Å²) in [4.78, 5) is 21.9. The van der Waals surface area contributed by atoms with E-state index in [4.69, 9.17) is 5.11 Å². The molecule has 2 N–H and O–H groups in total. The highest BCUT2D eigenvalue weighted by molar-refractivity contribution is 6.04. The Morgan fingerprint density at radius 2 is 2.00 bits per heavy atom. The van der Waals surface area contributed by atoms with Gasteiger partial charge in [0, 0.05) is 29.4 Å². The summed E-state index contributed by atoms with van der Waals surface area (Å²) in [5.74, 6) is -2.01. The first-order valence-corrected chi connectivity index (χ1v) is 5.51. The fourth-order valence-electron chi connectivity index (χ4n) is 1.55. The van der Waals surface area contributed by atoms with Crippen LogP contribution in [0, 0.1) is 15.9 Å². The van der Waals surface area contributed by atoms with Gasteiger partial charge in [-0.1, -0.05) is 6.07 Å². The summed E-state index contributed by atoms with van der Waals surface area (Å²) in [6, 6.07) is 8.52. The molecule has 0 atom stereocenters. The van der Waals surface area contributed by atoms with E-state index in [9.17, 15) is 19.3 Å². The van der Waals surface area contributed by atoms with E-state index in [0.717, 1.165) is 18.2 Å². The molecule has 0 spiro atoms. The summed E-state index contributed by atoms with van der Waals surface area (Å²) in [5.41, 5.74) is -0.000902. The molecule has 0 radical (unpaired) electrons. The van der Waals surface area contributed by atoms with Gasteiger partial charge in [0.25, 0.3) is 11.6 Å². The first-order valence-electron chi connectivity index (χ1n) is 5.51. The zero-order valence-electron chi connectivity index (χ0n) is 10.0. The molecule has 0 saturated heterocycles. The number of aromatic hydroxyl groups is 1. The number of phenols is 1. The fourth-order valence-corrected chi connectivity index (χ4v) is 1.55. The van der Waals surface area contributed by atoms with Gasteiger partial charge in [0.15, 0.2) is 11.6 Å². The third-order valence-corrected chi connectivity index (χ3v) is 2.52. The maximum Gasteiger partial charge on any atom is 0.270 e. The average molecular weight is 276 g/mol. The van der Waals surface area contributed by atoms with Gasteiger partial charge in [0.05, 0.1) is 4.92 Å². The molecule has 2 rings (SSSR count). The quantitative estimate of drug-likeness (QED) is 0.512. The van der Waals surface area contributed by atoms with Gasteiger partial charge in [-0.05, 0) is 18.2 Å². The Balaban J connectivity index is 2.21. The molecule has 7 heteroatoms. The topological polar surface area (TPSA) is 92.5 Å². The van der Waals surface area contributed by atoms with Crippen molar-refractivity contribution in [2.45, 2.75) is 0 Å². The van der Waals surface area contributed by atoms with Gasteiger partial charge in [-0.25, -0.2) is 4.39 Å². The second-order valence-electron chi connectivity index (χ2n) is 3.93. The van der Waals surface area contributed by atoms with Crippen molar-refractivity contribution >= 4 is 17.3 Å². The Hall–Kier alpha value is -2.96. The molecule has 0 aliphatic heterocycles. The maximum absolute atomic E-state index is 13.1. The Labute approximate surface area is 112 Å². The second-order valence-corrected chi connectivity index (χ2v) is 3.93. The van der Waals surface area contributed by atoms with Crippen molar-refractivity contribution in [2.75, 3.05) is 5.32 Å². The number of anilines is 1. The molecule has 0 heterocycles. The summed E-state index contributed by atoms with van der Waals surface area (Å²) in [5, 5.41) is 22.0. The molecule has 2 aromatic carbocycles. The van der Waals surface area contributed by atoms with Gasteiger partial charge in [-0.15, -0.1) is 0 Å². The zero-order valence-corrected chi connectivity index (χ0v) is 10.0. The first-order chi connectivity index (χ1) is 9.47. The number of nitrogens with zero attached hydrogens (tertiary/aromatic N) is 1. The number of halogens is 1. The highest BCUT2D eigenvalue weighted by atomic mass is 19.1. The number of rotatable bonds is 3. The minimum atomic E-state index is -0.873. The lowest BCUT2D eigenvalue weighted by Crippen LogP contribution is -2.12. The third-order valence-electron chi connectivity index (χ3n) is 2.52. The van der Waals surface area contributed by atoms with E-state index in [0.29, 0.717) is 0 Å². The number of amides is 1. The SMILES string of the molecule is O=C(Nc1ccc(O)c(F)c1)c1cccc([N+](=O)[O-])c1. The Kier molecular flexibility index (Phi) is 3.60. The van der Waals surface area contributed by atoms with Crippen LogP contribution in [0.25, 0.3) is 0 Å². The zero-order chi connectivity index (χ0) is 14.7. The minimum Gasteiger partial charge on any atom is -0.505 e. The minimum absolute atomic E-state index is 0.0766. The van der Waals surface area contributed by atoms with Gasteiger partial charge >= 0.3 is 0 Å². The Bertz CT molecular complexity index is 688. The van der Waals surface area contributed by atoms with E-state index in [1.807, 2.05) is 0 Å². The summed E-state index contributed by atoms with van der Waals surface area (Å²) in [7, 11) is 0. The molecule has 0 saturated carbocycles. The number of carbonyl (C=O) groups is 1. The lowest BCUT2D eigenvalue weighted by Gasteiger charge is -2.06. The van der Waals surface area contributed by atoms with Crippen molar-refractivity contribution in [3.63, 3.8) is 0 Å². The highest BCUT2D eigenvalue weighted by Crippen LogP contribution is 2.20. The molecular formula is C13H9FN2O4. The molecule has 6 nitrogen and oxygen atoms in total. The molecule has 0 aliphatic rings. The van der Waals surface area contributed by atoms with Crippen molar-refractivity contribution in [1.82, 2.24) is 0 Å². The number of hydrogen-bond donors (Lipinski definition) is 2. The van der Waals surface area contributed by atoms with E-state index in [1.165, 1.54) is 24.3 Å². The fraction of sp³-hybridized carbons (Fsp3) is 0. The lowest BCUT2D eigenvalue weighted by molar-refractivity contribution is -0.384. The third kappa shape index (κ3) is 2.89. The van der Waals surface area contributed by atoms with Crippen LogP contribution >= 0.6 is 0 Å². The molecule has 0 aliphatic carbocycles. The van der Waals surface area contributed by atoms with Crippen molar-refractivity contribution in [3.05, 3.63) is 64.0 Å². The lowest BCUT2D eigenvalue weighted by atomic mass is 10.2. The van der Waals surface area contributed by atoms with Crippen LogP contribution in [-0.4, -0.2) is 15.9 Å². The van der Waals surface area contributed by atoms with Crippen LogP contribution in [0.1, 0.15) is 10.4 Å². The normalized spacial score (nSPS) is 10.1. The molecule has 0 aromatic heterocycles. The van der Waals surface area contributed by atoms with Crippen LogP contribution in [0.15, 0.2) is 42.5 Å². The number of non-ortho nitro benzene ring substituents is 1.